The fourth-order valence-electron chi connectivity index (χ4n) is 0.844. The summed E-state index contributed by atoms with van der Waals surface area (Å²) in [6, 6.07) is 2.99. The second kappa shape index (κ2) is 3.99. The Morgan fingerprint density at radius 2 is 2.00 bits per heavy atom. The first-order valence-electron chi connectivity index (χ1n) is 3.31. The van der Waals surface area contributed by atoms with Gasteiger partial charge in [0.2, 0.25) is 0 Å². The second-order valence-corrected chi connectivity index (χ2v) is 3.14. The van der Waals surface area contributed by atoms with Crippen molar-refractivity contribution >= 4 is 23.2 Å². The van der Waals surface area contributed by atoms with Gasteiger partial charge in [0.05, 0.1) is 11.6 Å². The van der Waals surface area contributed by atoms with Gasteiger partial charge in [0, 0.05) is 18.2 Å². The Hall–Kier alpha value is -0.440. The number of benzene rings is 1. The fourth-order valence-corrected chi connectivity index (χ4v) is 1.24. The highest BCUT2D eigenvalue weighted by Crippen LogP contribution is 2.30. The molecule has 0 heterocycles. The Bertz CT molecular complexity index is 287. The molecule has 1 N–H and O–H groups in total. The Labute approximate surface area is 80.7 Å². The van der Waals surface area contributed by atoms with Crippen LogP contribution in [0.15, 0.2) is 12.1 Å². The van der Waals surface area contributed by atoms with Gasteiger partial charge in [0.25, 0.3) is 0 Å². The Kier molecular flexibility index (Phi) is 3.20. The van der Waals surface area contributed by atoms with Crippen LogP contribution in [-0.2, 0) is 11.3 Å². The summed E-state index contributed by atoms with van der Waals surface area (Å²) < 4.78 is 4.88. The molecule has 0 aliphatic rings. The van der Waals surface area contributed by atoms with Crippen molar-refractivity contribution in [2.75, 3.05) is 7.11 Å². The summed E-state index contributed by atoms with van der Waals surface area (Å²) >= 11 is 11.4. The lowest BCUT2D eigenvalue weighted by molar-refractivity contribution is 0.185. The molecule has 1 rings (SSSR count). The molecule has 0 atom stereocenters. The molecule has 4 heteroatoms. The molecule has 1 aromatic carbocycles. The number of ether oxygens (including phenoxy) is 1. The first-order chi connectivity index (χ1) is 5.65. The van der Waals surface area contributed by atoms with Crippen molar-refractivity contribution in [3.63, 3.8) is 0 Å². The smallest absolute Gasteiger partial charge is 0.135 e. The highest BCUT2D eigenvalue weighted by atomic mass is 35.5. The molecule has 1 aromatic rings. The van der Waals surface area contributed by atoms with E-state index in [1.165, 1.54) is 6.07 Å². The van der Waals surface area contributed by atoms with Crippen molar-refractivity contribution in [3.8, 4) is 5.75 Å². The number of aromatic hydroxyl groups is 1. The van der Waals surface area contributed by atoms with Gasteiger partial charge in [0.15, 0.2) is 0 Å². The first kappa shape index (κ1) is 9.65. The summed E-state index contributed by atoms with van der Waals surface area (Å²) in [7, 11) is 1.57. The van der Waals surface area contributed by atoms with Crippen molar-refractivity contribution in [2.24, 2.45) is 0 Å². The van der Waals surface area contributed by atoms with Gasteiger partial charge in [-0.15, -0.1) is 0 Å². The van der Waals surface area contributed by atoms with E-state index in [4.69, 9.17) is 33.0 Å². The number of hydrogen-bond acceptors (Lipinski definition) is 2. The van der Waals surface area contributed by atoms with Crippen LogP contribution in [0.25, 0.3) is 0 Å². The topological polar surface area (TPSA) is 29.5 Å². The van der Waals surface area contributed by atoms with Crippen LogP contribution in [0.1, 0.15) is 5.56 Å². The number of halogens is 2. The van der Waals surface area contributed by atoms with E-state index in [1.807, 2.05) is 0 Å². The monoisotopic (exact) mass is 206 g/mol. The van der Waals surface area contributed by atoms with Gasteiger partial charge in [-0.25, -0.2) is 0 Å². The molecule has 0 saturated heterocycles. The highest BCUT2D eigenvalue weighted by molar-refractivity contribution is 6.34. The molecule has 0 fully saturated rings. The Morgan fingerprint density at radius 3 is 2.58 bits per heavy atom. The number of phenols is 1. The molecule has 0 aliphatic carbocycles. The van der Waals surface area contributed by atoms with Crippen LogP contribution in [0, 0.1) is 0 Å². The largest absolute Gasteiger partial charge is 0.506 e. The van der Waals surface area contributed by atoms with Crippen LogP contribution in [0.4, 0.5) is 0 Å². The van der Waals surface area contributed by atoms with Crippen LogP contribution in [0.2, 0.25) is 10.0 Å². The average Bonchev–Trinajstić information content (AvgIpc) is 2.01. The number of methoxy groups -OCH3 is 1. The molecular weight excluding hydrogens is 199 g/mol. The Morgan fingerprint density at radius 1 is 1.33 bits per heavy atom. The van der Waals surface area contributed by atoms with Crippen molar-refractivity contribution < 1.29 is 9.84 Å². The summed E-state index contributed by atoms with van der Waals surface area (Å²) in [6.07, 6.45) is 0. The van der Waals surface area contributed by atoms with Crippen LogP contribution in [0.5, 0.6) is 5.75 Å². The van der Waals surface area contributed by atoms with Gasteiger partial charge >= 0.3 is 0 Å². The van der Waals surface area contributed by atoms with Crippen LogP contribution in [0.3, 0.4) is 0 Å². The van der Waals surface area contributed by atoms with E-state index in [0.717, 1.165) is 5.56 Å². The molecule has 0 amide bonds. The maximum absolute atomic E-state index is 9.14. The third-order valence-corrected chi connectivity index (χ3v) is 2.07. The Balaban J connectivity index is 3.05. The molecular formula is C8H8Cl2O2. The lowest BCUT2D eigenvalue weighted by Crippen LogP contribution is -1.88. The van der Waals surface area contributed by atoms with Gasteiger partial charge < -0.3 is 9.84 Å². The molecule has 2 nitrogen and oxygen atoms in total. The molecule has 12 heavy (non-hydrogen) atoms. The SMILES string of the molecule is COCc1cc(Cl)c(O)cc1Cl. The summed E-state index contributed by atoms with van der Waals surface area (Å²) in [5.41, 5.74) is 0.766. The predicted octanol–water partition coefficient (Wildman–Crippen LogP) is 2.85. The van der Waals surface area contributed by atoms with E-state index in [1.54, 1.807) is 13.2 Å². The summed E-state index contributed by atoms with van der Waals surface area (Å²) in [5.74, 6) is -0.0125. The van der Waals surface area contributed by atoms with E-state index in [-0.39, 0.29) is 10.8 Å². The fraction of sp³-hybridized carbons (Fsp3) is 0.250. The van der Waals surface area contributed by atoms with E-state index >= 15 is 0 Å². The van der Waals surface area contributed by atoms with Crippen molar-refractivity contribution in [1.29, 1.82) is 0 Å². The average molecular weight is 207 g/mol. The van der Waals surface area contributed by atoms with E-state index in [0.29, 0.717) is 11.6 Å². The normalized spacial score (nSPS) is 10.2. The minimum atomic E-state index is -0.0125. The number of phenolic OH excluding ortho intramolecular Hbond substituents is 1. The van der Waals surface area contributed by atoms with Crippen molar-refractivity contribution in [1.82, 2.24) is 0 Å². The van der Waals surface area contributed by atoms with Crippen molar-refractivity contribution in [2.45, 2.75) is 6.61 Å². The van der Waals surface area contributed by atoms with E-state index in [2.05, 4.69) is 0 Å². The zero-order valence-electron chi connectivity index (χ0n) is 6.47. The van der Waals surface area contributed by atoms with Gasteiger partial charge in [-0.1, -0.05) is 23.2 Å². The third-order valence-electron chi connectivity index (χ3n) is 1.42. The third kappa shape index (κ3) is 2.03. The summed E-state index contributed by atoms with van der Waals surface area (Å²) in [5, 5.41) is 9.88. The summed E-state index contributed by atoms with van der Waals surface area (Å²) in [4.78, 5) is 0. The van der Waals surface area contributed by atoms with Crippen LogP contribution < -0.4 is 0 Å². The first-order valence-corrected chi connectivity index (χ1v) is 4.06. The van der Waals surface area contributed by atoms with E-state index < -0.39 is 0 Å². The molecule has 0 radical (unpaired) electrons. The number of rotatable bonds is 2. The van der Waals surface area contributed by atoms with Crippen LogP contribution >= 0.6 is 23.2 Å². The predicted molar refractivity (Wildman–Crippen MR) is 48.8 cm³/mol. The molecule has 0 saturated carbocycles. The van der Waals surface area contributed by atoms with Gasteiger partial charge in [-0.3, -0.25) is 0 Å². The summed E-state index contributed by atoms with van der Waals surface area (Å²) in [6.45, 7) is 0.388. The molecule has 0 aliphatic heterocycles. The molecule has 0 bridgehead atoms. The minimum Gasteiger partial charge on any atom is -0.506 e. The second-order valence-electron chi connectivity index (χ2n) is 2.33. The lowest BCUT2D eigenvalue weighted by atomic mass is 10.2. The standard InChI is InChI=1S/C8H8Cl2O2/c1-12-4-5-2-7(10)8(11)3-6(5)9/h2-3,11H,4H2,1H3. The lowest BCUT2D eigenvalue weighted by Gasteiger charge is -2.04. The maximum atomic E-state index is 9.14. The van der Waals surface area contributed by atoms with Gasteiger partial charge in [0.1, 0.15) is 5.75 Å². The van der Waals surface area contributed by atoms with Gasteiger partial charge in [-0.2, -0.15) is 0 Å². The molecule has 66 valence electrons. The maximum Gasteiger partial charge on any atom is 0.135 e. The zero-order valence-corrected chi connectivity index (χ0v) is 7.99. The van der Waals surface area contributed by atoms with Crippen molar-refractivity contribution in [3.05, 3.63) is 27.7 Å². The molecule has 0 spiro atoms. The van der Waals surface area contributed by atoms with E-state index in [9.17, 15) is 0 Å². The van der Waals surface area contributed by atoms with Gasteiger partial charge in [-0.05, 0) is 11.6 Å². The molecule has 0 unspecified atom stereocenters. The minimum absolute atomic E-state index is 0.0125. The zero-order chi connectivity index (χ0) is 9.14. The quantitative estimate of drug-likeness (QED) is 0.807. The highest BCUT2D eigenvalue weighted by Gasteiger charge is 2.05. The molecule has 0 aromatic heterocycles. The number of hydrogen-bond donors (Lipinski definition) is 1. The van der Waals surface area contributed by atoms with Crippen LogP contribution in [-0.4, -0.2) is 12.2 Å².